The van der Waals surface area contributed by atoms with Gasteiger partial charge in [0, 0.05) is 10.7 Å². The Bertz CT molecular complexity index is 568. The number of nitrogens with zero attached hydrogens (tertiary/aromatic N) is 2. The molecule has 1 heterocycles. The molecule has 0 unspecified atom stereocenters. The SMILES string of the molecule is Cc1csc(NN=Cc2ccc(F)c(CBr)c2)n1. The van der Waals surface area contributed by atoms with Gasteiger partial charge in [0.05, 0.1) is 11.9 Å². The van der Waals surface area contributed by atoms with Crippen molar-refractivity contribution in [3.05, 3.63) is 46.2 Å². The molecule has 0 radical (unpaired) electrons. The minimum atomic E-state index is -0.215. The number of aryl methyl sites for hydroxylation is 1. The van der Waals surface area contributed by atoms with Crippen molar-refractivity contribution in [2.75, 3.05) is 5.43 Å². The molecule has 1 aromatic carbocycles. The maximum atomic E-state index is 13.3. The van der Waals surface area contributed by atoms with Gasteiger partial charge in [-0.25, -0.2) is 9.37 Å². The molecule has 0 aliphatic heterocycles. The van der Waals surface area contributed by atoms with Gasteiger partial charge in [-0.15, -0.1) is 11.3 Å². The van der Waals surface area contributed by atoms with Crippen molar-refractivity contribution in [2.45, 2.75) is 12.3 Å². The van der Waals surface area contributed by atoms with Crippen LogP contribution in [-0.2, 0) is 5.33 Å². The number of alkyl halides is 1. The minimum Gasteiger partial charge on any atom is -0.253 e. The monoisotopic (exact) mass is 327 g/mol. The maximum absolute atomic E-state index is 13.3. The summed E-state index contributed by atoms with van der Waals surface area (Å²) in [5, 5.41) is 7.24. The van der Waals surface area contributed by atoms with Crippen molar-refractivity contribution >= 4 is 38.6 Å². The maximum Gasteiger partial charge on any atom is 0.203 e. The number of benzene rings is 1. The topological polar surface area (TPSA) is 37.3 Å². The molecule has 0 atom stereocenters. The zero-order valence-electron chi connectivity index (χ0n) is 9.65. The lowest BCUT2D eigenvalue weighted by Crippen LogP contribution is -1.93. The van der Waals surface area contributed by atoms with E-state index in [1.807, 2.05) is 12.3 Å². The van der Waals surface area contributed by atoms with Gasteiger partial charge in [0.25, 0.3) is 0 Å². The average Bonchev–Trinajstić information content (AvgIpc) is 2.77. The first-order chi connectivity index (χ1) is 8.69. The number of rotatable bonds is 4. The second-order valence-corrected chi connectivity index (χ2v) is 5.07. The van der Waals surface area contributed by atoms with Crippen LogP contribution in [0.25, 0.3) is 0 Å². The number of hydrogen-bond acceptors (Lipinski definition) is 4. The van der Waals surface area contributed by atoms with Crippen molar-refractivity contribution in [3.63, 3.8) is 0 Å². The molecule has 18 heavy (non-hydrogen) atoms. The highest BCUT2D eigenvalue weighted by atomic mass is 79.9. The molecule has 1 N–H and O–H groups in total. The molecule has 2 aromatic rings. The summed E-state index contributed by atoms with van der Waals surface area (Å²) in [6.45, 7) is 1.92. The highest BCUT2D eigenvalue weighted by Crippen LogP contribution is 2.15. The highest BCUT2D eigenvalue weighted by molar-refractivity contribution is 9.08. The normalized spacial score (nSPS) is 11.1. The van der Waals surface area contributed by atoms with Crippen LogP contribution in [0.5, 0.6) is 0 Å². The number of thiazole rings is 1. The Morgan fingerprint density at radius 2 is 2.39 bits per heavy atom. The molecule has 6 heteroatoms. The molecular weight excluding hydrogens is 317 g/mol. The van der Waals surface area contributed by atoms with Crippen LogP contribution in [0.15, 0.2) is 28.7 Å². The summed E-state index contributed by atoms with van der Waals surface area (Å²) in [5.41, 5.74) is 5.25. The van der Waals surface area contributed by atoms with E-state index in [1.54, 1.807) is 18.3 Å². The number of nitrogens with one attached hydrogen (secondary N) is 1. The van der Waals surface area contributed by atoms with E-state index in [1.165, 1.54) is 17.4 Å². The van der Waals surface area contributed by atoms with Gasteiger partial charge < -0.3 is 0 Å². The zero-order chi connectivity index (χ0) is 13.0. The van der Waals surface area contributed by atoms with E-state index in [-0.39, 0.29) is 5.82 Å². The highest BCUT2D eigenvalue weighted by Gasteiger charge is 2.00. The standard InChI is InChI=1S/C12H11BrFN3S/c1-8-7-18-12(16-8)17-15-6-9-2-3-11(14)10(4-9)5-13/h2-4,6-7H,5H2,1H3,(H,16,17). The van der Waals surface area contributed by atoms with Gasteiger partial charge in [-0.2, -0.15) is 5.10 Å². The third-order valence-corrected chi connectivity index (χ3v) is 3.68. The smallest absolute Gasteiger partial charge is 0.203 e. The van der Waals surface area contributed by atoms with E-state index in [2.05, 4.69) is 31.4 Å². The summed E-state index contributed by atoms with van der Waals surface area (Å²) in [7, 11) is 0. The van der Waals surface area contributed by atoms with E-state index < -0.39 is 0 Å². The molecule has 94 valence electrons. The molecule has 0 saturated heterocycles. The van der Waals surface area contributed by atoms with E-state index in [4.69, 9.17) is 0 Å². The summed E-state index contributed by atoms with van der Waals surface area (Å²) in [5.74, 6) is -0.215. The van der Waals surface area contributed by atoms with Crippen molar-refractivity contribution in [1.29, 1.82) is 0 Å². The molecule has 0 saturated carbocycles. The number of aromatic nitrogens is 1. The first kappa shape index (κ1) is 13.2. The average molecular weight is 328 g/mol. The van der Waals surface area contributed by atoms with Crippen LogP contribution in [0.2, 0.25) is 0 Å². The number of hydrazone groups is 1. The Morgan fingerprint density at radius 1 is 1.56 bits per heavy atom. The minimum absolute atomic E-state index is 0.215. The van der Waals surface area contributed by atoms with Gasteiger partial charge in [0.2, 0.25) is 5.13 Å². The summed E-state index contributed by atoms with van der Waals surface area (Å²) >= 11 is 4.73. The first-order valence-corrected chi connectivity index (χ1v) is 7.25. The molecule has 0 aliphatic carbocycles. The predicted molar refractivity (Wildman–Crippen MR) is 77.1 cm³/mol. The lowest BCUT2D eigenvalue weighted by molar-refractivity contribution is 0.617. The predicted octanol–water partition coefficient (Wildman–Crippen LogP) is 3.93. The molecule has 2 rings (SSSR count). The van der Waals surface area contributed by atoms with Crippen LogP contribution in [0.3, 0.4) is 0 Å². The Labute approximate surface area is 117 Å². The van der Waals surface area contributed by atoms with Gasteiger partial charge in [-0.3, -0.25) is 5.43 Å². The fourth-order valence-corrected chi connectivity index (χ4v) is 2.41. The third kappa shape index (κ3) is 3.36. The summed E-state index contributed by atoms with van der Waals surface area (Å²) < 4.78 is 13.3. The van der Waals surface area contributed by atoms with Gasteiger partial charge >= 0.3 is 0 Å². The Balaban J connectivity index is 2.04. The molecule has 0 fully saturated rings. The Kier molecular flexibility index (Phi) is 4.43. The van der Waals surface area contributed by atoms with Gasteiger partial charge in [0.15, 0.2) is 0 Å². The van der Waals surface area contributed by atoms with Crippen LogP contribution < -0.4 is 5.43 Å². The lowest BCUT2D eigenvalue weighted by atomic mass is 10.1. The van der Waals surface area contributed by atoms with E-state index >= 15 is 0 Å². The second kappa shape index (κ2) is 6.06. The first-order valence-electron chi connectivity index (χ1n) is 5.24. The van der Waals surface area contributed by atoms with Crippen LogP contribution >= 0.6 is 27.3 Å². The van der Waals surface area contributed by atoms with Gasteiger partial charge in [0.1, 0.15) is 5.82 Å². The quantitative estimate of drug-likeness (QED) is 0.524. The van der Waals surface area contributed by atoms with Crippen molar-refractivity contribution < 1.29 is 4.39 Å². The second-order valence-electron chi connectivity index (χ2n) is 3.65. The van der Waals surface area contributed by atoms with Crippen LogP contribution in [0, 0.1) is 12.7 Å². The van der Waals surface area contributed by atoms with Crippen molar-refractivity contribution in [3.8, 4) is 0 Å². The van der Waals surface area contributed by atoms with Crippen molar-refractivity contribution in [2.24, 2.45) is 5.10 Å². The van der Waals surface area contributed by atoms with E-state index in [9.17, 15) is 4.39 Å². The van der Waals surface area contributed by atoms with Crippen LogP contribution in [0.4, 0.5) is 9.52 Å². The largest absolute Gasteiger partial charge is 0.253 e. The van der Waals surface area contributed by atoms with Crippen LogP contribution in [0.1, 0.15) is 16.8 Å². The van der Waals surface area contributed by atoms with Gasteiger partial charge in [-0.1, -0.05) is 22.0 Å². The molecule has 0 amide bonds. The molecule has 1 aromatic heterocycles. The number of anilines is 1. The van der Waals surface area contributed by atoms with Crippen molar-refractivity contribution in [1.82, 2.24) is 4.98 Å². The van der Waals surface area contributed by atoms with Gasteiger partial charge in [-0.05, 0) is 30.2 Å². The lowest BCUT2D eigenvalue weighted by Gasteiger charge is -2.00. The Hall–Kier alpha value is -1.27. The fourth-order valence-electron chi connectivity index (χ4n) is 1.34. The summed E-state index contributed by atoms with van der Waals surface area (Å²) in [6, 6.07) is 4.87. The third-order valence-electron chi connectivity index (χ3n) is 2.21. The Morgan fingerprint density at radius 3 is 3.06 bits per heavy atom. The number of halogens is 2. The summed E-state index contributed by atoms with van der Waals surface area (Å²) in [6.07, 6.45) is 1.64. The molecule has 0 bridgehead atoms. The number of hydrogen-bond donors (Lipinski definition) is 1. The van der Waals surface area contributed by atoms with E-state index in [0.29, 0.717) is 10.9 Å². The summed E-state index contributed by atoms with van der Waals surface area (Å²) in [4.78, 5) is 4.22. The molecule has 0 aliphatic rings. The molecular formula is C12H11BrFN3S. The fraction of sp³-hybridized carbons (Fsp3) is 0.167. The van der Waals surface area contributed by atoms with Crippen LogP contribution in [-0.4, -0.2) is 11.2 Å². The zero-order valence-corrected chi connectivity index (χ0v) is 12.1. The molecule has 3 nitrogen and oxygen atoms in total. The molecule has 0 spiro atoms. The van der Waals surface area contributed by atoms with E-state index in [0.717, 1.165) is 16.4 Å².